The van der Waals surface area contributed by atoms with Crippen molar-refractivity contribution in [3.63, 3.8) is 0 Å². The molecule has 114 valence electrons. The molecular weight excluding hydrogens is 276 g/mol. The van der Waals surface area contributed by atoms with Crippen LogP contribution in [0, 0.1) is 5.92 Å². The highest BCUT2D eigenvalue weighted by Crippen LogP contribution is 2.39. The summed E-state index contributed by atoms with van der Waals surface area (Å²) < 4.78 is 0. The Balaban J connectivity index is 1.92. The number of hydrogen-bond acceptors (Lipinski definition) is 3. The molecule has 0 radical (unpaired) electrons. The number of hydrogen-bond donors (Lipinski definition) is 1. The predicted octanol–water partition coefficient (Wildman–Crippen LogP) is 2.67. The second-order valence-electron chi connectivity index (χ2n) is 5.65. The monoisotopic (exact) mass is 296 g/mol. The van der Waals surface area contributed by atoms with Crippen molar-refractivity contribution in [3.05, 3.63) is 71.8 Å². The molecule has 1 heterocycles. The van der Waals surface area contributed by atoms with Crippen LogP contribution in [-0.4, -0.2) is 17.1 Å². The lowest BCUT2D eigenvalue weighted by Crippen LogP contribution is -2.33. The predicted molar refractivity (Wildman–Crippen MR) is 84.4 cm³/mol. The number of benzene rings is 2. The van der Waals surface area contributed by atoms with Gasteiger partial charge in [0.15, 0.2) is 0 Å². The second kappa shape index (κ2) is 6.30. The molecule has 0 saturated carbocycles. The third kappa shape index (κ3) is 2.89. The van der Waals surface area contributed by atoms with Crippen LogP contribution in [0.4, 0.5) is 0 Å². The summed E-state index contributed by atoms with van der Waals surface area (Å²) in [6, 6.07) is 19.8. The van der Waals surface area contributed by atoms with Crippen LogP contribution in [0.15, 0.2) is 60.7 Å². The SMILES string of the molecule is C[C@@H]1ON(Cc2ccccc2)[C@@H](c2ccccc2)[C@H]1C(N)=O. The van der Waals surface area contributed by atoms with Crippen molar-refractivity contribution in [1.29, 1.82) is 0 Å². The van der Waals surface area contributed by atoms with Gasteiger partial charge in [-0.2, -0.15) is 5.06 Å². The fraction of sp³-hybridized carbons (Fsp3) is 0.278. The van der Waals surface area contributed by atoms with Crippen molar-refractivity contribution in [3.8, 4) is 0 Å². The largest absolute Gasteiger partial charge is 0.369 e. The van der Waals surface area contributed by atoms with Gasteiger partial charge in [-0.25, -0.2) is 0 Å². The quantitative estimate of drug-likeness (QED) is 0.943. The number of nitrogens with two attached hydrogens (primary N) is 1. The maximum Gasteiger partial charge on any atom is 0.225 e. The summed E-state index contributed by atoms with van der Waals surface area (Å²) in [5.41, 5.74) is 7.81. The molecule has 3 atom stereocenters. The Labute approximate surface area is 130 Å². The van der Waals surface area contributed by atoms with E-state index in [4.69, 9.17) is 10.6 Å². The van der Waals surface area contributed by atoms with Crippen molar-refractivity contribution >= 4 is 5.91 Å². The first-order valence-electron chi connectivity index (χ1n) is 7.48. The van der Waals surface area contributed by atoms with E-state index in [0.29, 0.717) is 6.54 Å². The Morgan fingerprint density at radius 3 is 2.27 bits per heavy atom. The third-order valence-corrected chi connectivity index (χ3v) is 4.11. The Morgan fingerprint density at radius 2 is 1.68 bits per heavy atom. The van der Waals surface area contributed by atoms with E-state index in [1.54, 1.807) is 0 Å². The maximum absolute atomic E-state index is 11.9. The van der Waals surface area contributed by atoms with Gasteiger partial charge in [0.25, 0.3) is 0 Å². The number of nitrogens with zero attached hydrogens (tertiary/aromatic N) is 1. The second-order valence-corrected chi connectivity index (χ2v) is 5.65. The van der Waals surface area contributed by atoms with Crippen molar-refractivity contribution in [2.45, 2.75) is 25.6 Å². The van der Waals surface area contributed by atoms with Crippen molar-refractivity contribution in [1.82, 2.24) is 5.06 Å². The Kier molecular flexibility index (Phi) is 4.22. The molecular formula is C18H20N2O2. The summed E-state index contributed by atoms with van der Waals surface area (Å²) in [5.74, 6) is -0.678. The zero-order chi connectivity index (χ0) is 15.5. The maximum atomic E-state index is 11.9. The Hall–Kier alpha value is -2.17. The van der Waals surface area contributed by atoms with E-state index in [1.807, 2.05) is 72.7 Å². The van der Waals surface area contributed by atoms with Crippen molar-refractivity contribution in [2.75, 3.05) is 0 Å². The molecule has 1 saturated heterocycles. The minimum absolute atomic E-state index is 0.158. The molecule has 1 fully saturated rings. The van der Waals surface area contributed by atoms with Gasteiger partial charge in [0, 0.05) is 6.54 Å². The standard InChI is InChI=1S/C18H20N2O2/c1-13-16(18(19)21)17(15-10-6-3-7-11-15)20(22-13)12-14-8-4-2-5-9-14/h2-11,13,16-17H,12H2,1H3,(H2,19,21)/t13-,16-,17-/m0/s1. The lowest BCUT2D eigenvalue weighted by Gasteiger charge is -2.25. The molecule has 3 rings (SSSR count). The van der Waals surface area contributed by atoms with E-state index in [2.05, 4.69) is 0 Å². The summed E-state index contributed by atoms with van der Waals surface area (Å²) >= 11 is 0. The van der Waals surface area contributed by atoms with E-state index in [0.717, 1.165) is 11.1 Å². The first kappa shape index (κ1) is 14.8. The summed E-state index contributed by atoms with van der Waals surface area (Å²) in [4.78, 5) is 17.8. The van der Waals surface area contributed by atoms with Gasteiger partial charge in [-0.1, -0.05) is 60.7 Å². The molecule has 0 aromatic heterocycles. The molecule has 22 heavy (non-hydrogen) atoms. The average Bonchev–Trinajstić information content (AvgIpc) is 2.85. The fourth-order valence-electron chi connectivity index (χ4n) is 3.09. The highest BCUT2D eigenvalue weighted by Gasteiger charge is 2.45. The van der Waals surface area contributed by atoms with E-state index in [9.17, 15) is 4.79 Å². The summed E-state index contributed by atoms with van der Waals surface area (Å²) in [5, 5.41) is 1.88. The highest BCUT2D eigenvalue weighted by molar-refractivity contribution is 5.78. The van der Waals surface area contributed by atoms with Gasteiger partial charge in [-0.3, -0.25) is 9.63 Å². The minimum Gasteiger partial charge on any atom is -0.369 e. The van der Waals surface area contributed by atoms with E-state index >= 15 is 0 Å². The molecule has 1 amide bonds. The first-order chi connectivity index (χ1) is 10.7. The van der Waals surface area contributed by atoms with Crippen LogP contribution >= 0.6 is 0 Å². The summed E-state index contributed by atoms with van der Waals surface area (Å²) in [7, 11) is 0. The molecule has 2 N–H and O–H groups in total. The molecule has 0 unspecified atom stereocenters. The molecule has 0 bridgehead atoms. The Morgan fingerprint density at radius 1 is 1.09 bits per heavy atom. The lowest BCUT2D eigenvalue weighted by atomic mass is 9.89. The molecule has 0 spiro atoms. The van der Waals surface area contributed by atoms with Gasteiger partial charge in [-0.05, 0) is 18.1 Å². The van der Waals surface area contributed by atoms with Crippen LogP contribution in [0.5, 0.6) is 0 Å². The Bertz CT molecular complexity index is 630. The van der Waals surface area contributed by atoms with Crippen LogP contribution in [-0.2, 0) is 16.2 Å². The fourth-order valence-corrected chi connectivity index (χ4v) is 3.09. The molecule has 2 aromatic carbocycles. The summed E-state index contributed by atoms with van der Waals surface area (Å²) in [6.45, 7) is 2.52. The van der Waals surface area contributed by atoms with Crippen molar-refractivity contribution < 1.29 is 9.63 Å². The van der Waals surface area contributed by atoms with Crippen LogP contribution < -0.4 is 5.73 Å². The third-order valence-electron chi connectivity index (χ3n) is 4.11. The van der Waals surface area contributed by atoms with Gasteiger partial charge in [-0.15, -0.1) is 0 Å². The van der Waals surface area contributed by atoms with Gasteiger partial charge in [0.1, 0.15) is 0 Å². The highest BCUT2D eigenvalue weighted by atomic mass is 16.7. The minimum atomic E-state index is -0.355. The van der Waals surface area contributed by atoms with Crippen LogP contribution in [0.1, 0.15) is 24.1 Å². The number of rotatable bonds is 4. The first-order valence-corrected chi connectivity index (χ1v) is 7.48. The molecule has 0 aliphatic carbocycles. The van der Waals surface area contributed by atoms with Crippen molar-refractivity contribution in [2.24, 2.45) is 11.7 Å². The molecule has 2 aromatic rings. The molecule has 4 nitrogen and oxygen atoms in total. The van der Waals surface area contributed by atoms with Gasteiger partial charge >= 0.3 is 0 Å². The summed E-state index contributed by atoms with van der Waals surface area (Å²) in [6.07, 6.45) is -0.230. The van der Waals surface area contributed by atoms with Crippen LogP contribution in [0.25, 0.3) is 0 Å². The molecule has 1 aliphatic heterocycles. The number of primary amides is 1. The number of carbonyl (C=O) groups excluding carboxylic acids is 1. The number of hydroxylamine groups is 2. The van der Waals surface area contributed by atoms with Crippen LogP contribution in [0.3, 0.4) is 0 Å². The zero-order valence-corrected chi connectivity index (χ0v) is 12.6. The van der Waals surface area contributed by atoms with E-state index in [1.165, 1.54) is 0 Å². The van der Waals surface area contributed by atoms with Gasteiger partial charge in [0.2, 0.25) is 5.91 Å². The molecule has 4 heteroatoms. The smallest absolute Gasteiger partial charge is 0.225 e. The average molecular weight is 296 g/mol. The normalized spacial score (nSPS) is 25.2. The number of amides is 1. The van der Waals surface area contributed by atoms with Crippen LogP contribution in [0.2, 0.25) is 0 Å². The zero-order valence-electron chi connectivity index (χ0n) is 12.6. The molecule has 1 aliphatic rings. The number of carbonyl (C=O) groups is 1. The van der Waals surface area contributed by atoms with Gasteiger partial charge in [0.05, 0.1) is 18.1 Å². The van der Waals surface area contributed by atoms with E-state index < -0.39 is 0 Å². The topological polar surface area (TPSA) is 55.6 Å². The lowest BCUT2D eigenvalue weighted by molar-refractivity contribution is -0.166. The van der Waals surface area contributed by atoms with Gasteiger partial charge < -0.3 is 5.73 Å². The van der Waals surface area contributed by atoms with E-state index in [-0.39, 0.29) is 24.0 Å².